The van der Waals surface area contributed by atoms with Gasteiger partial charge in [0.25, 0.3) is 0 Å². The normalized spacial score (nSPS) is 10.9. The van der Waals surface area contributed by atoms with Crippen LogP contribution in [0.25, 0.3) is 0 Å². The Kier molecular flexibility index (Phi) is 7.97. The van der Waals surface area contributed by atoms with Crippen molar-refractivity contribution in [1.82, 2.24) is 0 Å². The lowest BCUT2D eigenvalue weighted by molar-refractivity contribution is -0.137. The zero-order valence-corrected chi connectivity index (χ0v) is 13.6. The quantitative estimate of drug-likeness (QED) is 0.540. The van der Waals surface area contributed by atoms with Gasteiger partial charge in [0, 0.05) is 40.5 Å². The molecule has 0 fully saturated rings. The Morgan fingerprint density at radius 3 is 2.50 bits per heavy atom. The maximum absolute atomic E-state index is 5.91. The van der Waals surface area contributed by atoms with Crippen LogP contribution >= 0.6 is 34.2 Å². The van der Waals surface area contributed by atoms with Crippen LogP contribution < -0.4 is 5.32 Å². The van der Waals surface area contributed by atoms with Gasteiger partial charge in [0.05, 0.1) is 0 Å². The van der Waals surface area contributed by atoms with E-state index in [4.69, 9.17) is 21.1 Å². The number of ether oxygens (including phenoxy) is 2. The van der Waals surface area contributed by atoms with Crippen LogP contribution in [0.3, 0.4) is 0 Å². The zero-order chi connectivity index (χ0) is 13.4. The Morgan fingerprint density at radius 2 is 1.94 bits per heavy atom. The molecule has 0 radical (unpaired) electrons. The highest BCUT2D eigenvalue weighted by Crippen LogP contribution is 2.22. The van der Waals surface area contributed by atoms with Gasteiger partial charge < -0.3 is 14.8 Å². The Hall–Kier alpha value is -0.0400. The minimum absolute atomic E-state index is 0.127. The number of hydrogen-bond donors (Lipinski definition) is 1. The summed E-state index contributed by atoms with van der Waals surface area (Å²) in [5.74, 6) is 0. The van der Waals surface area contributed by atoms with E-state index in [-0.39, 0.29) is 6.29 Å². The first kappa shape index (κ1) is 16.0. The standard InChI is InChI=1S/C13H19ClINO2/c1-3-17-13(18-4-2)7-8-16-12-6-5-10(14)9-11(12)15/h5-6,9,13,16H,3-4,7-8H2,1-2H3. The molecule has 102 valence electrons. The third kappa shape index (κ3) is 5.73. The van der Waals surface area contributed by atoms with Gasteiger partial charge in [-0.15, -0.1) is 0 Å². The summed E-state index contributed by atoms with van der Waals surface area (Å²) in [6.45, 7) is 6.09. The monoisotopic (exact) mass is 383 g/mol. The molecule has 0 amide bonds. The van der Waals surface area contributed by atoms with Crippen LogP contribution in [0.2, 0.25) is 5.02 Å². The molecule has 0 spiro atoms. The van der Waals surface area contributed by atoms with E-state index in [0.717, 1.165) is 27.2 Å². The second-order valence-electron chi connectivity index (χ2n) is 3.68. The molecule has 0 aliphatic heterocycles. The topological polar surface area (TPSA) is 30.5 Å². The second-order valence-corrected chi connectivity index (χ2v) is 5.28. The largest absolute Gasteiger partial charge is 0.384 e. The molecule has 0 bridgehead atoms. The fraction of sp³-hybridized carbons (Fsp3) is 0.538. The molecule has 1 N–H and O–H groups in total. The molecule has 0 saturated heterocycles. The fourth-order valence-corrected chi connectivity index (χ4v) is 2.61. The van der Waals surface area contributed by atoms with Crippen molar-refractivity contribution < 1.29 is 9.47 Å². The summed E-state index contributed by atoms with van der Waals surface area (Å²) < 4.78 is 12.1. The summed E-state index contributed by atoms with van der Waals surface area (Å²) >= 11 is 8.18. The van der Waals surface area contributed by atoms with E-state index in [0.29, 0.717) is 13.2 Å². The second kappa shape index (κ2) is 8.96. The van der Waals surface area contributed by atoms with Gasteiger partial charge in [0.2, 0.25) is 0 Å². The van der Waals surface area contributed by atoms with E-state index in [1.165, 1.54) is 0 Å². The van der Waals surface area contributed by atoms with E-state index in [1.807, 2.05) is 32.0 Å². The molecule has 1 aromatic carbocycles. The van der Waals surface area contributed by atoms with Gasteiger partial charge in [0.15, 0.2) is 6.29 Å². The summed E-state index contributed by atoms with van der Waals surface area (Å²) in [7, 11) is 0. The van der Waals surface area contributed by atoms with Crippen LogP contribution in [0.5, 0.6) is 0 Å². The molecule has 0 atom stereocenters. The molecule has 0 heterocycles. The molecule has 0 aromatic heterocycles. The summed E-state index contributed by atoms with van der Waals surface area (Å²) in [6, 6.07) is 5.81. The lowest BCUT2D eigenvalue weighted by atomic mass is 10.3. The molecular formula is C13H19ClINO2. The number of benzene rings is 1. The van der Waals surface area contributed by atoms with E-state index in [1.54, 1.807) is 0 Å². The van der Waals surface area contributed by atoms with E-state index >= 15 is 0 Å². The zero-order valence-electron chi connectivity index (χ0n) is 10.7. The van der Waals surface area contributed by atoms with Gasteiger partial charge in [-0.2, -0.15) is 0 Å². The van der Waals surface area contributed by atoms with Gasteiger partial charge in [-0.1, -0.05) is 11.6 Å². The summed E-state index contributed by atoms with van der Waals surface area (Å²) in [5, 5.41) is 4.12. The predicted molar refractivity (Wildman–Crippen MR) is 84.3 cm³/mol. The van der Waals surface area contributed by atoms with Gasteiger partial charge in [0.1, 0.15) is 0 Å². The van der Waals surface area contributed by atoms with Crippen LogP contribution in [0.1, 0.15) is 20.3 Å². The molecule has 0 aliphatic rings. The Bertz CT molecular complexity index is 357. The number of nitrogens with one attached hydrogen (secondary N) is 1. The average molecular weight is 384 g/mol. The third-order valence-corrected chi connectivity index (χ3v) is 3.46. The maximum Gasteiger partial charge on any atom is 0.159 e. The predicted octanol–water partition coefficient (Wildman–Crippen LogP) is 4.15. The van der Waals surface area contributed by atoms with Crippen molar-refractivity contribution >= 4 is 39.9 Å². The molecule has 18 heavy (non-hydrogen) atoms. The molecule has 5 heteroatoms. The lowest BCUT2D eigenvalue weighted by Gasteiger charge is -2.17. The molecule has 3 nitrogen and oxygen atoms in total. The van der Waals surface area contributed by atoms with Crippen molar-refractivity contribution in [2.45, 2.75) is 26.6 Å². The molecule has 0 aliphatic carbocycles. The fourth-order valence-electron chi connectivity index (χ4n) is 1.54. The minimum atomic E-state index is -0.127. The van der Waals surface area contributed by atoms with Gasteiger partial charge in [-0.05, 0) is 54.6 Å². The van der Waals surface area contributed by atoms with Crippen LogP contribution in [0.4, 0.5) is 5.69 Å². The first-order valence-electron chi connectivity index (χ1n) is 6.09. The van der Waals surface area contributed by atoms with Crippen molar-refractivity contribution in [3.05, 3.63) is 26.8 Å². The van der Waals surface area contributed by atoms with Crippen LogP contribution in [-0.2, 0) is 9.47 Å². The Balaban J connectivity index is 2.39. The first-order valence-corrected chi connectivity index (χ1v) is 7.55. The highest BCUT2D eigenvalue weighted by atomic mass is 127. The highest BCUT2D eigenvalue weighted by Gasteiger charge is 2.07. The first-order chi connectivity index (χ1) is 8.67. The van der Waals surface area contributed by atoms with E-state index in [9.17, 15) is 0 Å². The van der Waals surface area contributed by atoms with E-state index < -0.39 is 0 Å². The highest BCUT2D eigenvalue weighted by molar-refractivity contribution is 14.1. The van der Waals surface area contributed by atoms with Crippen molar-refractivity contribution in [3.63, 3.8) is 0 Å². The maximum atomic E-state index is 5.91. The van der Waals surface area contributed by atoms with E-state index in [2.05, 4.69) is 27.9 Å². The van der Waals surface area contributed by atoms with Crippen molar-refractivity contribution in [2.24, 2.45) is 0 Å². The molecule has 0 unspecified atom stereocenters. The average Bonchev–Trinajstić information content (AvgIpc) is 2.32. The summed E-state index contributed by atoms with van der Waals surface area (Å²) in [5.41, 5.74) is 1.09. The van der Waals surface area contributed by atoms with Crippen molar-refractivity contribution in [1.29, 1.82) is 0 Å². The van der Waals surface area contributed by atoms with Crippen LogP contribution in [0, 0.1) is 3.57 Å². The Morgan fingerprint density at radius 1 is 1.28 bits per heavy atom. The Labute approximate surface area is 127 Å². The molecule has 1 rings (SSSR count). The van der Waals surface area contributed by atoms with Crippen LogP contribution in [0.15, 0.2) is 18.2 Å². The molecule has 1 aromatic rings. The SMILES string of the molecule is CCOC(CCNc1ccc(Cl)cc1I)OCC. The smallest absolute Gasteiger partial charge is 0.159 e. The number of halogens is 2. The van der Waals surface area contributed by atoms with Gasteiger partial charge in [-0.25, -0.2) is 0 Å². The lowest BCUT2D eigenvalue weighted by Crippen LogP contribution is -2.21. The number of anilines is 1. The van der Waals surface area contributed by atoms with Crippen molar-refractivity contribution in [2.75, 3.05) is 25.1 Å². The van der Waals surface area contributed by atoms with Gasteiger partial charge in [-0.3, -0.25) is 0 Å². The molecule has 0 saturated carbocycles. The number of hydrogen-bond acceptors (Lipinski definition) is 3. The van der Waals surface area contributed by atoms with Crippen molar-refractivity contribution in [3.8, 4) is 0 Å². The summed E-state index contributed by atoms with van der Waals surface area (Å²) in [4.78, 5) is 0. The third-order valence-electron chi connectivity index (χ3n) is 2.33. The van der Waals surface area contributed by atoms with Gasteiger partial charge >= 0.3 is 0 Å². The summed E-state index contributed by atoms with van der Waals surface area (Å²) in [6.07, 6.45) is 0.692. The number of rotatable bonds is 8. The van der Waals surface area contributed by atoms with Crippen LogP contribution in [-0.4, -0.2) is 26.0 Å². The minimum Gasteiger partial charge on any atom is -0.384 e. The molecular weight excluding hydrogens is 365 g/mol.